The number of urea groups is 1. The Morgan fingerprint density at radius 2 is 1.82 bits per heavy atom. The van der Waals surface area contributed by atoms with Gasteiger partial charge in [0.05, 0.1) is 11.3 Å². The quantitative estimate of drug-likeness (QED) is 0.485. The Morgan fingerprint density at radius 1 is 1.11 bits per heavy atom. The van der Waals surface area contributed by atoms with E-state index in [4.69, 9.17) is 16.2 Å². The highest BCUT2D eigenvalue weighted by molar-refractivity contribution is 6.03. The average molecular weight is 388 g/mol. The lowest BCUT2D eigenvalue weighted by Crippen LogP contribution is -2.31. The van der Waals surface area contributed by atoms with Crippen LogP contribution in [0.15, 0.2) is 30.3 Å². The van der Waals surface area contributed by atoms with Crippen molar-refractivity contribution in [2.24, 2.45) is 11.5 Å². The predicted molar refractivity (Wildman–Crippen MR) is 109 cm³/mol. The zero-order valence-electron chi connectivity index (χ0n) is 16.5. The standard InChI is InChI=1S/C19H28N6O3/c1-24(2)8-9-25(3)10-11-28-16-7-5-4-6-13(16)15-12-14(17(20)26)18(22-15)23-19(21)27/h4-7,12,22H,8-11H2,1-3H3,(H2,20,26)(H3,21,23,27). The highest BCUT2D eigenvalue weighted by Crippen LogP contribution is 2.32. The van der Waals surface area contributed by atoms with Gasteiger partial charge in [0.15, 0.2) is 0 Å². The van der Waals surface area contributed by atoms with Gasteiger partial charge in [-0.2, -0.15) is 0 Å². The highest BCUT2D eigenvalue weighted by Gasteiger charge is 2.17. The summed E-state index contributed by atoms with van der Waals surface area (Å²) in [7, 11) is 6.13. The third-order valence-electron chi connectivity index (χ3n) is 4.17. The number of rotatable bonds is 10. The number of ether oxygens (including phenoxy) is 1. The fraction of sp³-hybridized carbons (Fsp3) is 0.368. The lowest BCUT2D eigenvalue weighted by molar-refractivity contribution is 0.100. The van der Waals surface area contributed by atoms with Crippen LogP contribution in [0.1, 0.15) is 10.4 Å². The number of anilines is 1. The molecule has 152 valence electrons. The fourth-order valence-electron chi connectivity index (χ4n) is 2.62. The number of amides is 3. The van der Waals surface area contributed by atoms with Gasteiger partial charge in [0.25, 0.3) is 5.91 Å². The number of aromatic nitrogens is 1. The van der Waals surface area contributed by atoms with Crippen LogP contribution >= 0.6 is 0 Å². The normalized spacial score (nSPS) is 11.0. The van der Waals surface area contributed by atoms with Gasteiger partial charge in [0, 0.05) is 25.2 Å². The summed E-state index contributed by atoms with van der Waals surface area (Å²) in [5, 5.41) is 2.38. The number of aromatic amines is 1. The van der Waals surface area contributed by atoms with Gasteiger partial charge in [0.2, 0.25) is 0 Å². The molecular formula is C19H28N6O3. The van der Waals surface area contributed by atoms with E-state index < -0.39 is 11.9 Å². The van der Waals surface area contributed by atoms with Gasteiger partial charge < -0.3 is 31.0 Å². The molecule has 6 N–H and O–H groups in total. The third kappa shape index (κ3) is 6.00. The number of primary amides is 2. The van der Waals surface area contributed by atoms with Crippen LogP contribution < -0.4 is 21.5 Å². The first-order valence-corrected chi connectivity index (χ1v) is 8.92. The van der Waals surface area contributed by atoms with Gasteiger partial charge in [-0.05, 0) is 39.3 Å². The zero-order chi connectivity index (χ0) is 20.7. The van der Waals surface area contributed by atoms with E-state index >= 15 is 0 Å². The number of nitrogens with two attached hydrogens (primary N) is 2. The van der Waals surface area contributed by atoms with E-state index in [-0.39, 0.29) is 11.4 Å². The molecule has 0 unspecified atom stereocenters. The van der Waals surface area contributed by atoms with Crippen LogP contribution in [0.2, 0.25) is 0 Å². The molecule has 28 heavy (non-hydrogen) atoms. The van der Waals surface area contributed by atoms with Crippen molar-refractivity contribution in [1.29, 1.82) is 0 Å². The molecule has 0 atom stereocenters. The van der Waals surface area contributed by atoms with Gasteiger partial charge in [0.1, 0.15) is 18.2 Å². The fourth-order valence-corrected chi connectivity index (χ4v) is 2.62. The van der Waals surface area contributed by atoms with Gasteiger partial charge in [-0.15, -0.1) is 0 Å². The van der Waals surface area contributed by atoms with Crippen molar-refractivity contribution in [3.05, 3.63) is 35.9 Å². The van der Waals surface area contributed by atoms with Crippen LogP contribution in [0.3, 0.4) is 0 Å². The molecule has 0 aliphatic rings. The minimum absolute atomic E-state index is 0.145. The third-order valence-corrected chi connectivity index (χ3v) is 4.17. The number of para-hydroxylation sites is 1. The number of nitrogens with zero attached hydrogens (tertiary/aromatic N) is 2. The van der Waals surface area contributed by atoms with Crippen LogP contribution in [0, 0.1) is 0 Å². The minimum atomic E-state index is -0.791. The molecule has 2 rings (SSSR count). The summed E-state index contributed by atoms with van der Waals surface area (Å²) in [5.74, 6) is 0.145. The van der Waals surface area contributed by atoms with Crippen molar-refractivity contribution in [3.8, 4) is 17.0 Å². The number of nitrogens with one attached hydrogen (secondary N) is 2. The minimum Gasteiger partial charge on any atom is -0.492 e. The van der Waals surface area contributed by atoms with E-state index in [2.05, 4.69) is 20.1 Å². The molecule has 0 saturated heterocycles. The molecule has 1 aromatic heterocycles. The maximum absolute atomic E-state index is 11.7. The number of likely N-dealkylation sites (N-methyl/N-ethyl adjacent to an activating group) is 2. The van der Waals surface area contributed by atoms with E-state index in [9.17, 15) is 9.59 Å². The zero-order valence-corrected chi connectivity index (χ0v) is 16.5. The van der Waals surface area contributed by atoms with Gasteiger partial charge >= 0.3 is 6.03 Å². The summed E-state index contributed by atoms with van der Waals surface area (Å²) in [6.07, 6.45) is 0. The van der Waals surface area contributed by atoms with Crippen LogP contribution in [-0.4, -0.2) is 74.1 Å². The first-order valence-electron chi connectivity index (χ1n) is 8.92. The van der Waals surface area contributed by atoms with Crippen LogP contribution in [0.4, 0.5) is 10.6 Å². The molecule has 0 saturated carbocycles. The van der Waals surface area contributed by atoms with Crippen LogP contribution in [-0.2, 0) is 0 Å². The molecule has 1 heterocycles. The number of hydrogen-bond acceptors (Lipinski definition) is 5. The molecule has 0 radical (unpaired) electrons. The molecule has 0 aliphatic carbocycles. The van der Waals surface area contributed by atoms with E-state index in [0.29, 0.717) is 18.1 Å². The number of hydrogen-bond donors (Lipinski definition) is 4. The molecule has 1 aromatic carbocycles. The highest BCUT2D eigenvalue weighted by atomic mass is 16.5. The summed E-state index contributed by atoms with van der Waals surface area (Å²) in [4.78, 5) is 30.1. The van der Waals surface area contributed by atoms with Crippen molar-refractivity contribution >= 4 is 17.8 Å². The van der Waals surface area contributed by atoms with Crippen molar-refractivity contribution in [3.63, 3.8) is 0 Å². The average Bonchev–Trinajstić information content (AvgIpc) is 3.03. The predicted octanol–water partition coefficient (Wildman–Crippen LogP) is 1.14. The van der Waals surface area contributed by atoms with E-state index in [0.717, 1.165) is 25.2 Å². The van der Waals surface area contributed by atoms with E-state index in [1.165, 1.54) is 0 Å². The number of carbonyl (C=O) groups excluding carboxylic acids is 2. The smallest absolute Gasteiger partial charge is 0.317 e. The Hall–Kier alpha value is -3.04. The SMILES string of the molecule is CN(C)CCN(C)CCOc1ccccc1-c1cc(C(N)=O)c(NC(N)=O)[nH]1. The second-order valence-corrected chi connectivity index (χ2v) is 6.78. The second kappa shape index (κ2) is 9.77. The number of benzene rings is 1. The molecule has 2 aromatic rings. The molecule has 9 heteroatoms. The lowest BCUT2D eigenvalue weighted by Gasteiger charge is -2.19. The molecule has 0 fully saturated rings. The van der Waals surface area contributed by atoms with Crippen molar-refractivity contribution in [2.75, 3.05) is 52.7 Å². The molecule has 0 bridgehead atoms. The Labute approximate surface area is 164 Å². The van der Waals surface area contributed by atoms with Crippen molar-refractivity contribution in [1.82, 2.24) is 14.8 Å². The Bertz CT molecular complexity index is 818. The van der Waals surface area contributed by atoms with Crippen LogP contribution in [0.25, 0.3) is 11.3 Å². The van der Waals surface area contributed by atoms with Crippen LogP contribution in [0.5, 0.6) is 5.75 Å². The molecular weight excluding hydrogens is 360 g/mol. The first-order chi connectivity index (χ1) is 13.3. The summed E-state index contributed by atoms with van der Waals surface area (Å²) >= 11 is 0. The van der Waals surface area contributed by atoms with E-state index in [1.54, 1.807) is 6.07 Å². The maximum Gasteiger partial charge on any atom is 0.317 e. The lowest BCUT2D eigenvalue weighted by atomic mass is 10.1. The second-order valence-electron chi connectivity index (χ2n) is 6.78. The van der Waals surface area contributed by atoms with Gasteiger partial charge in [-0.3, -0.25) is 10.1 Å². The summed E-state index contributed by atoms with van der Waals surface area (Å²) in [6.45, 7) is 3.20. The maximum atomic E-state index is 11.7. The monoisotopic (exact) mass is 388 g/mol. The Balaban J connectivity index is 2.13. The van der Waals surface area contributed by atoms with E-state index in [1.807, 2.05) is 45.4 Å². The summed E-state index contributed by atoms with van der Waals surface area (Å²) in [5.41, 5.74) is 12.0. The molecule has 3 amide bonds. The molecule has 0 spiro atoms. The first kappa shape index (κ1) is 21.3. The largest absolute Gasteiger partial charge is 0.492 e. The Kier molecular flexibility index (Phi) is 7.42. The van der Waals surface area contributed by atoms with Crippen molar-refractivity contribution in [2.45, 2.75) is 0 Å². The molecule has 9 nitrogen and oxygen atoms in total. The Morgan fingerprint density at radius 3 is 2.46 bits per heavy atom. The summed E-state index contributed by atoms with van der Waals surface area (Å²) < 4.78 is 5.96. The summed E-state index contributed by atoms with van der Waals surface area (Å²) in [6, 6.07) is 8.21. The van der Waals surface area contributed by atoms with Gasteiger partial charge in [-0.25, -0.2) is 4.79 Å². The topological polar surface area (TPSA) is 130 Å². The number of carbonyl (C=O) groups is 2. The van der Waals surface area contributed by atoms with Gasteiger partial charge in [-0.1, -0.05) is 12.1 Å². The molecule has 0 aliphatic heterocycles. The number of H-pyrrole nitrogens is 1. The van der Waals surface area contributed by atoms with Crippen molar-refractivity contribution < 1.29 is 14.3 Å².